The van der Waals surface area contributed by atoms with Gasteiger partial charge in [-0.25, -0.2) is 9.59 Å². The molecule has 8 nitrogen and oxygen atoms in total. The number of nitrogens with one attached hydrogen (secondary N) is 1. The molecule has 2 aromatic rings. The van der Waals surface area contributed by atoms with Crippen LogP contribution in [0.4, 0.5) is 4.79 Å². The van der Waals surface area contributed by atoms with Crippen LogP contribution >= 0.6 is 11.6 Å². The van der Waals surface area contributed by atoms with Crippen molar-refractivity contribution in [2.75, 3.05) is 6.54 Å². The molecular weight excluding hydrogens is 474 g/mol. The molecule has 1 N–H and O–H groups in total. The molecule has 2 aromatic carbocycles. The fraction of sp³-hybridized carbons (Fsp3) is 0.423. The number of carbonyl (C=O) groups is 3. The monoisotopic (exact) mass is 505 g/mol. The molecule has 1 amide bonds. The van der Waals surface area contributed by atoms with Crippen molar-refractivity contribution in [1.82, 2.24) is 5.32 Å². The minimum atomic E-state index is -1.33. The second kappa shape index (κ2) is 13.0. The van der Waals surface area contributed by atoms with E-state index in [-0.39, 0.29) is 12.0 Å². The standard InChI is InChI=1S/C26H32ClNO7/c1-6-17(2)32-25(31)34-18(3)33-24(30)26(4,5)35-22-13-7-19(8-14-22)15-16-28-23(29)20-9-11-21(27)12-10-20/h7-14,17-18H,6,15-16H2,1-5H3,(H,28,29). The lowest BCUT2D eigenvalue weighted by atomic mass is 10.1. The number of carbonyl (C=O) groups excluding carboxylic acids is 3. The van der Waals surface area contributed by atoms with E-state index >= 15 is 0 Å². The molecule has 9 heteroatoms. The summed E-state index contributed by atoms with van der Waals surface area (Å²) in [7, 11) is 0. The third-order valence-electron chi connectivity index (χ3n) is 5.00. The summed E-state index contributed by atoms with van der Waals surface area (Å²) in [4.78, 5) is 36.4. The van der Waals surface area contributed by atoms with Gasteiger partial charge >= 0.3 is 12.1 Å². The second-order valence-electron chi connectivity index (χ2n) is 8.45. The normalized spacial score (nSPS) is 12.7. The molecule has 0 aliphatic rings. The number of hydrogen-bond donors (Lipinski definition) is 1. The van der Waals surface area contributed by atoms with Gasteiger partial charge in [-0.1, -0.05) is 30.7 Å². The van der Waals surface area contributed by atoms with Gasteiger partial charge in [0.2, 0.25) is 6.29 Å². The minimum Gasteiger partial charge on any atom is -0.476 e. The first-order chi connectivity index (χ1) is 16.5. The van der Waals surface area contributed by atoms with Crippen LogP contribution < -0.4 is 10.1 Å². The molecule has 2 atom stereocenters. The van der Waals surface area contributed by atoms with Crippen molar-refractivity contribution in [3.8, 4) is 5.75 Å². The summed E-state index contributed by atoms with van der Waals surface area (Å²) in [6.45, 7) is 8.59. The Balaban J connectivity index is 1.81. The first kappa shape index (κ1) is 28.0. The van der Waals surface area contributed by atoms with Crippen molar-refractivity contribution in [1.29, 1.82) is 0 Å². The van der Waals surface area contributed by atoms with Crippen LogP contribution in [-0.2, 0) is 25.4 Å². The Hall–Kier alpha value is -3.26. The zero-order chi connectivity index (χ0) is 26.0. The molecule has 0 radical (unpaired) electrons. The number of esters is 1. The fourth-order valence-corrected chi connectivity index (χ4v) is 2.94. The predicted molar refractivity (Wildman–Crippen MR) is 132 cm³/mol. The van der Waals surface area contributed by atoms with E-state index in [1.807, 2.05) is 19.1 Å². The summed E-state index contributed by atoms with van der Waals surface area (Å²) in [5, 5.41) is 3.43. The lowest BCUT2D eigenvalue weighted by molar-refractivity contribution is -0.183. The van der Waals surface area contributed by atoms with Gasteiger partial charge in [-0.3, -0.25) is 4.79 Å². The lowest BCUT2D eigenvalue weighted by Gasteiger charge is -2.26. The molecule has 0 aliphatic carbocycles. The maximum absolute atomic E-state index is 12.5. The first-order valence-corrected chi connectivity index (χ1v) is 11.8. The van der Waals surface area contributed by atoms with Gasteiger partial charge in [-0.15, -0.1) is 0 Å². The third kappa shape index (κ3) is 9.48. The van der Waals surface area contributed by atoms with E-state index in [9.17, 15) is 14.4 Å². The van der Waals surface area contributed by atoms with Gasteiger partial charge in [-0.05, 0) is 75.6 Å². The maximum atomic E-state index is 12.5. The van der Waals surface area contributed by atoms with Crippen molar-refractivity contribution in [3.05, 3.63) is 64.7 Å². The topological polar surface area (TPSA) is 100 Å². The Morgan fingerprint density at radius 1 is 0.943 bits per heavy atom. The summed E-state index contributed by atoms with van der Waals surface area (Å²) < 4.78 is 20.9. The van der Waals surface area contributed by atoms with Gasteiger partial charge in [0, 0.05) is 24.1 Å². The number of amides is 1. The number of ether oxygens (including phenoxy) is 4. The first-order valence-electron chi connectivity index (χ1n) is 11.4. The van der Waals surface area contributed by atoms with Crippen molar-refractivity contribution in [2.24, 2.45) is 0 Å². The Morgan fingerprint density at radius 3 is 2.17 bits per heavy atom. The molecule has 0 heterocycles. The number of hydrogen-bond acceptors (Lipinski definition) is 7. The van der Waals surface area contributed by atoms with Gasteiger partial charge in [0.15, 0.2) is 5.60 Å². The zero-order valence-electron chi connectivity index (χ0n) is 20.6. The van der Waals surface area contributed by atoms with E-state index in [4.69, 9.17) is 30.5 Å². The molecule has 0 saturated carbocycles. The van der Waals surface area contributed by atoms with Crippen molar-refractivity contribution >= 4 is 29.6 Å². The highest BCUT2D eigenvalue weighted by Crippen LogP contribution is 2.21. The van der Waals surface area contributed by atoms with Crippen LogP contribution in [0, 0.1) is 0 Å². The quantitative estimate of drug-likeness (QED) is 0.326. The predicted octanol–water partition coefficient (Wildman–Crippen LogP) is 5.31. The van der Waals surface area contributed by atoms with E-state index < -0.39 is 24.0 Å². The van der Waals surface area contributed by atoms with Gasteiger partial charge in [0.25, 0.3) is 5.91 Å². The molecular formula is C26H32ClNO7. The molecule has 0 aliphatic heterocycles. The second-order valence-corrected chi connectivity index (χ2v) is 8.88. The molecule has 2 unspecified atom stereocenters. The summed E-state index contributed by atoms with van der Waals surface area (Å²) in [5.41, 5.74) is 0.196. The van der Waals surface area contributed by atoms with Crippen LogP contribution in [0.15, 0.2) is 48.5 Å². The molecule has 0 aromatic heterocycles. The minimum absolute atomic E-state index is 0.173. The summed E-state index contributed by atoms with van der Waals surface area (Å²) in [5.74, 6) is -0.408. The highest BCUT2D eigenvalue weighted by Gasteiger charge is 2.34. The van der Waals surface area contributed by atoms with Crippen molar-refractivity contribution < 1.29 is 33.3 Å². The van der Waals surface area contributed by atoms with E-state index in [1.165, 1.54) is 6.92 Å². The van der Waals surface area contributed by atoms with Gasteiger partial charge < -0.3 is 24.3 Å². The molecule has 2 rings (SSSR count). The Kier molecular flexibility index (Phi) is 10.4. The van der Waals surface area contributed by atoms with Gasteiger partial charge in [0.1, 0.15) is 11.9 Å². The average Bonchev–Trinajstić information content (AvgIpc) is 2.80. The molecule has 0 spiro atoms. The molecule has 35 heavy (non-hydrogen) atoms. The van der Waals surface area contributed by atoms with Crippen LogP contribution in [0.1, 0.15) is 57.0 Å². The highest BCUT2D eigenvalue weighted by molar-refractivity contribution is 6.30. The largest absolute Gasteiger partial charge is 0.511 e. The fourth-order valence-electron chi connectivity index (χ4n) is 2.81. The summed E-state index contributed by atoms with van der Waals surface area (Å²) in [6.07, 6.45) is -1.08. The van der Waals surface area contributed by atoms with Crippen LogP contribution in [-0.4, -0.2) is 42.6 Å². The third-order valence-corrected chi connectivity index (χ3v) is 5.25. The maximum Gasteiger partial charge on any atom is 0.511 e. The highest BCUT2D eigenvalue weighted by atomic mass is 35.5. The molecule has 0 saturated heterocycles. The van der Waals surface area contributed by atoms with E-state index in [2.05, 4.69) is 5.32 Å². The number of benzene rings is 2. The van der Waals surface area contributed by atoms with Gasteiger partial charge in [0.05, 0.1) is 0 Å². The van der Waals surface area contributed by atoms with E-state index in [1.54, 1.807) is 57.2 Å². The van der Waals surface area contributed by atoms with E-state index in [0.29, 0.717) is 35.7 Å². The summed E-state index contributed by atoms with van der Waals surface area (Å²) >= 11 is 5.84. The van der Waals surface area contributed by atoms with E-state index in [0.717, 1.165) is 5.56 Å². The summed E-state index contributed by atoms with van der Waals surface area (Å²) in [6, 6.07) is 13.8. The molecule has 0 bridgehead atoms. The van der Waals surface area contributed by atoms with Crippen molar-refractivity contribution in [3.63, 3.8) is 0 Å². The SMILES string of the molecule is CCC(C)OC(=O)OC(C)OC(=O)C(C)(C)Oc1ccc(CCNC(=O)c2ccc(Cl)cc2)cc1. The Bertz CT molecular complexity index is 990. The average molecular weight is 506 g/mol. The number of rotatable bonds is 11. The van der Waals surface area contributed by atoms with Crippen LogP contribution in [0.2, 0.25) is 5.02 Å². The Morgan fingerprint density at radius 2 is 1.57 bits per heavy atom. The lowest BCUT2D eigenvalue weighted by Crippen LogP contribution is -2.42. The zero-order valence-corrected chi connectivity index (χ0v) is 21.4. The number of halogens is 1. The molecule has 0 fully saturated rings. The van der Waals surface area contributed by atoms with Crippen LogP contribution in [0.25, 0.3) is 0 Å². The molecule has 190 valence electrons. The van der Waals surface area contributed by atoms with Crippen LogP contribution in [0.5, 0.6) is 5.75 Å². The van der Waals surface area contributed by atoms with Crippen LogP contribution in [0.3, 0.4) is 0 Å². The van der Waals surface area contributed by atoms with Crippen molar-refractivity contribution in [2.45, 2.75) is 65.5 Å². The smallest absolute Gasteiger partial charge is 0.476 e. The van der Waals surface area contributed by atoms with Gasteiger partial charge in [-0.2, -0.15) is 0 Å². The Labute approximate surface area is 210 Å².